The van der Waals surface area contributed by atoms with Gasteiger partial charge in [0.1, 0.15) is 11.6 Å². The molecule has 0 aliphatic heterocycles. The molecule has 3 aromatic rings. The highest BCUT2D eigenvalue weighted by Crippen LogP contribution is 2.27. The number of rotatable bonds is 6. The molecule has 0 saturated carbocycles. The van der Waals surface area contributed by atoms with Crippen LogP contribution in [-0.2, 0) is 16.1 Å². The summed E-state index contributed by atoms with van der Waals surface area (Å²) in [4.78, 5) is 15.8. The number of nitrogens with zero attached hydrogens (tertiary/aromatic N) is 2. The number of aromatic nitrogens is 2. The number of halogens is 3. The van der Waals surface area contributed by atoms with Gasteiger partial charge in [-0.05, 0) is 58.4 Å². The lowest BCUT2D eigenvalue weighted by molar-refractivity contribution is -0.148. The summed E-state index contributed by atoms with van der Waals surface area (Å²) in [5.74, 6) is -0.113. The molecule has 0 N–H and O–H groups in total. The van der Waals surface area contributed by atoms with Crippen LogP contribution >= 0.6 is 27.5 Å². The molecule has 0 amide bonds. The second kappa shape index (κ2) is 8.29. The molecule has 6 nitrogen and oxygen atoms in total. The normalized spacial score (nSPS) is 10.6. The molecule has 1 heterocycles. The number of ether oxygens (including phenoxy) is 2. The average molecular weight is 442 g/mol. The third-order valence-corrected chi connectivity index (χ3v) is 4.02. The van der Waals surface area contributed by atoms with Crippen molar-refractivity contribution < 1.29 is 23.2 Å². The first kappa shape index (κ1) is 18.3. The minimum Gasteiger partial charge on any atom is -0.481 e. The molecule has 0 unspecified atom stereocenters. The van der Waals surface area contributed by atoms with Crippen LogP contribution in [0.4, 0.5) is 4.39 Å². The van der Waals surface area contributed by atoms with E-state index in [0.29, 0.717) is 20.8 Å². The van der Waals surface area contributed by atoms with Crippen LogP contribution < -0.4 is 4.74 Å². The lowest BCUT2D eigenvalue weighted by Gasteiger charge is -2.07. The van der Waals surface area contributed by atoms with E-state index in [1.807, 2.05) is 0 Å². The summed E-state index contributed by atoms with van der Waals surface area (Å²) in [5, 5.41) is 4.30. The minimum atomic E-state index is -0.603. The van der Waals surface area contributed by atoms with Gasteiger partial charge >= 0.3 is 5.97 Å². The van der Waals surface area contributed by atoms with E-state index in [0.717, 1.165) is 0 Å². The van der Waals surface area contributed by atoms with Crippen LogP contribution in [-0.4, -0.2) is 22.7 Å². The van der Waals surface area contributed by atoms with Crippen molar-refractivity contribution in [2.75, 3.05) is 6.61 Å². The van der Waals surface area contributed by atoms with Gasteiger partial charge in [0.2, 0.25) is 5.82 Å². The van der Waals surface area contributed by atoms with Crippen LogP contribution in [0.2, 0.25) is 5.02 Å². The molecule has 134 valence electrons. The van der Waals surface area contributed by atoms with Gasteiger partial charge in [0, 0.05) is 10.6 Å². The number of hydrogen-bond acceptors (Lipinski definition) is 6. The van der Waals surface area contributed by atoms with E-state index < -0.39 is 5.97 Å². The third kappa shape index (κ3) is 4.80. The maximum atomic E-state index is 12.9. The van der Waals surface area contributed by atoms with E-state index in [4.69, 9.17) is 25.6 Å². The smallest absolute Gasteiger partial charge is 0.344 e. The summed E-state index contributed by atoms with van der Waals surface area (Å²) in [5.41, 5.74) is 0.587. The Morgan fingerprint density at radius 2 is 2.00 bits per heavy atom. The summed E-state index contributed by atoms with van der Waals surface area (Å²) >= 11 is 9.12. The van der Waals surface area contributed by atoms with Gasteiger partial charge in [0.15, 0.2) is 13.2 Å². The summed E-state index contributed by atoms with van der Waals surface area (Å²) in [6, 6.07) is 10.5. The first-order valence-electron chi connectivity index (χ1n) is 7.33. The SMILES string of the molecule is O=C(COc1ccc(Cl)cc1Br)OCc1nc(-c2ccc(F)cc2)no1. The van der Waals surface area contributed by atoms with E-state index >= 15 is 0 Å². The molecule has 0 fully saturated rings. The summed E-state index contributed by atoms with van der Waals surface area (Å²) < 4.78 is 28.9. The Hall–Kier alpha value is -2.45. The Bertz CT molecular complexity index is 917. The number of carbonyl (C=O) groups is 1. The Balaban J connectivity index is 1.51. The van der Waals surface area contributed by atoms with E-state index in [2.05, 4.69) is 26.1 Å². The highest BCUT2D eigenvalue weighted by atomic mass is 79.9. The number of benzene rings is 2. The standard InChI is InChI=1S/C17H11BrClFN2O4/c18-13-7-11(19)3-6-14(13)24-9-16(23)25-8-15-21-17(22-26-15)10-1-4-12(20)5-2-10/h1-7H,8-9H2. The monoisotopic (exact) mass is 440 g/mol. The predicted octanol–water partition coefficient (Wildman–Crippen LogP) is 4.41. The first-order valence-corrected chi connectivity index (χ1v) is 8.50. The molecule has 9 heteroatoms. The van der Waals surface area contributed by atoms with Crippen LogP contribution in [0.15, 0.2) is 51.5 Å². The fourth-order valence-corrected chi connectivity index (χ4v) is 2.74. The van der Waals surface area contributed by atoms with Gasteiger partial charge in [-0.1, -0.05) is 16.8 Å². The van der Waals surface area contributed by atoms with Gasteiger partial charge in [-0.3, -0.25) is 0 Å². The zero-order valence-corrected chi connectivity index (χ0v) is 15.5. The highest BCUT2D eigenvalue weighted by Gasteiger charge is 2.12. The maximum Gasteiger partial charge on any atom is 0.344 e. The molecule has 0 aliphatic rings. The van der Waals surface area contributed by atoms with Gasteiger partial charge in [-0.15, -0.1) is 0 Å². The van der Waals surface area contributed by atoms with Crippen LogP contribution in [0, 0.1) is 5.82 Å². The van der Waals surface area contributed by atoms with Crippen molar-refractivity contribution in [2.24, 2.45) is 0 Å². The molecular formula is C17H11BrClFN2O4. The highest BCUT2D eigenvalue weighted by molar-refractivity contribution is 9.10. The van der Waals surface area contributed by atoms with Crippen LogP contribution in [0.1, 0.15) is 5.89 Å². The quantitative estimate of drug-likeness (QED) is 0.527. The fourth-order valence-electron chi connectivity index (χ4n) is 1.94. The number of carbonyl (C=O) groups excluding carboxylic acids is 1. The Morgan fingerprint density at radius 1 is 1.23 bits per heavy atom. The Labute approximate surface area is 161 Å². The largest absolute Gasteiger partial charge is 0.481 e. The van der Waals surface area contributed by atoms with Gasteiger partial charge in [0.05, 0.1) is 4.47 Å². The summed E-state index contributed by atoms with van der Waals surface area (Å²) in [6.07, 6.45) is 0. The zero-order chi connectivity index (χ0) is 18.5. The number of esters is 1. The summed E-state index contributed by atoms with van der Waals surface area (Å²) in [7, 11) is 0. The van der Waals surface area contributed by atoms with Gasteiger partial charge in [0.25, 0.3) is 5.89 Å². The Kier molecular flexibility index (Phi) is 5.85. The van der Waals surface area contributed by atoms with Crippen molar-refractivity contribution >= 4 is 33.5 Å². The van der Waals surface area contributed by atoms with Crippen LogP contribution in [0.3, 0.4) is 0 Å². The third-order valence-electron chi connectivity index (χ3n) is 3.17. The summed E-state index contributed by atoms with van der Waals surface area (Å²) in [6.45, 7) is -0.489. The molecule has 0 atom stereocenters. The molecule has 2 aromatic carbocycles. The number of hydrogen-bond donors (Lipinski definition) is 0. The topological polar surface area (TPSA) is 74.5 Å². The Morgan fingerprint density at radius 3 is 2.73 bits per heavy atom. The molecular weight excluding hydrogens is 431 g/mol. The second-order valence-electron chi connectivity index (χ2n) is 5.04. The molecule has 0 radical (unpaired) electrons. The lowest BCUT2D eigenvalue weighted by Crippen LogP contribution is -2.15. The van der Waals surface area contributed by atoms with Crippen LogP contribution in [0.25, 0.3) is 11.4 Å². The predicted molar refractivity (Wildman–Crippen MR) is 94.1 cm³/mol. The molecule has 0 bridgehead atoms. The lowest BCUT2D eigenvalue weighted by atomic mass is 10.2. The molecule has 3 rings (SSSR count). The van der Waals surface area contributed by atoms with Gasteiger partial charge in [-0.2, -0.15) is 4.98 Å². The van der Waals surface area contributed by atoms with E-state index in [9.17, 15) is 9.18 Å². The average Bonchev–Trinajstić information content (AvgIpc) is 3.09. The van der Waals surface area contributed by atoms with Crippen molar-refractivity contribution in [3.8, 4) is 17.1 Å². The van der Waals surface area contributed by atoms with Gasteiger partial charge in [-0.25, -0.2) is 9.18 Å². The molecule has 0 spiro atoms. The minimum absolute atomic E-state index is 0.116. The molecule has 1 aromatic heterocycles. The first-order chi connectivity index (χ1) is 12.5. The van der Waals surface area contributed by atoms with Crippen LogP contribution in [0.5, 0.6) is 5.75 Å². The fraction of sp³-hybridized carbons (Fsp3) is 0.118. The second-order valence-corrected chi connectivity index (χ2v) is 6.33. The maximum absolute atomic E-state index is 12.9. The van der Waals surface area contributed by atoms with E-state index in [1.54, 1.807) is 18.2 Å². The van der Waals surface area contributed by atoms with Crippen molar-refractivity contribution in [2.45, 2.75) is 6.61 Å². The van der Waals surface area contributed by atoms with Crippen molar-refractivity contribution in [3.05, 3.63) is 63.7 Å². The van der Waals surface area contributed by atoms with Crippen molar-refractivity contribution in [3.63, 3.8) is 0 Å². The van der Waals surface area contributed by atoms with E-state index in [-0.39, 0.29) is 30.7 Å². The molecule has 0 aliphatic carbocycles. The molecule has 26 heavy (non-hydrogen) atoms. The van der Waals surface area contributed by atoms with Gasteiger partial charge < -0.3 is 14.0 Å². The van der Waals surface area contributed by atoms with E-state index in [1.165, 1.54) is 24.3 Å². The van der Waals surface area contributed by atoms with Crippen molar-refractivity contribution in [1.29, 1.82) is 0 Å². The molecule has 0 saturated heterocycles. The zero-order valence-electron chi connectivity index (χ0n) is 13.1. The van der Waals surface area contributed by atoms with Crippen molar-refractivity contribution in [1.82, 2.24) is 10.1 Å².